The van der Waals surface area contributed by atoms with Crippen LogP contribution in [0.1, 0.15) is 36.7 Å². The molecule has 0 spiro atoms. The van der Waals surface area contributed by atoms with Crippen molar-refractivity contribution in [3.05, 3.63) is 103 Å². The molecule has 3 heterocycles. The molecule has 0 radical (unpaired) electrons. The average Bonchev–Trinajstić information content (AvgIpc) is 3.42. The van der Waals surface area contributed by atoms with Crippen LogP contribution in [0.5, 0.6) is 11.5 Å². The molecule has 0 bridgehead atoms. The maximum absolute atomic E-state index is 13.9. The summed E-state index contributed by atoms with van der Waals surface area (Å²) in [5.74, 6) is -0.170. The van der Waals surface area contributed by atoms with Gasteiger partial charge in [-0.05, 0) is 56.7 Å². The lowest BCUT2D eigenvalue weighted by atomic mass is 9.94. The van der Waals surface area contributed by atoms with Gasteiger partial charge in [-0.3, -0.25) is 18.8 Å². The molecule has 0 saturated carbocycles. The van der Waals surface area contributed by atoms with E-state index in [4.69, 9.17) is 4.74 Å². The van der Waals surface area contributed by atoms with Crippen molar-refractivity contribution < 1.29 is 14.6 Å². The average molecular weight is 530 g/mol. The van der Waals surface area contributed by atoms with Crippen molar-refractivity contribution in [1.29, 1.82) is 0 Å². The Morgan fingerprint density at radius 3 is 2.66 bits per heavy atom. The number of aryl methyl sites for hydroxylation is 2. The minimum Gasteiger partial charge on any atom is -0.504 e. The molecule has 2 aromatic heterocycles. The SMILES string of the molecule is CCn1cc(/C=c2/sc3n(c2=O)C(c2ccc(O)c(OC)c2)C(C(=O)Nc2ccccc2)=C(C)N=3)c(C)n1. The Morgan fingerprint density at radius 2 is 1.97 bits per heavy atom. The molecule has 9 nitrogen and oxygen atoms in total. The van der Waals surface area contributed by atoms with Crippen molar-refractivity contribution in [2.24, 2.45) is 4.99 Å². The minimum absolute atomic E-state index is 0.0388. The van der Waals surface area contributed by atoms with E-state index < -0.39 is 6.04 Å². The summed E-state index contributed by atoms with van der Waals surface area (Å²) in [7, 11) is 1.45. The van der Waals surface area contributed by atoms with Gasteiger partial charge >= 0.3 is 0 Å². The zero-order chi connectivity index (χ0) is 27.0. The Labute approximate surface area is 222 Å². The van der Waals surface area contributed by atoms with E-state index in [-0.39, 0.29) is 23.0 Å². The quantitative estimate of drug-likeness (QED) is 0.399. The smallest absolute Gasteiger partial charge is 0.271 e. The van der Waals surface area contributed by atoms with E-state index in [1.165, 1.54) is 29.1 Å². The number of phenolic OH excluding ortho intramolecular Hbond substituents is 1. The second-order valence-corrected chi connectivity index (χ2v) is 9.87. The Balaban J connectivity index is 1.70. The summed E-state index contributed by atoms with van der Waals surface area (Å²) in [5.41, 5.74) is 3.45. The number of hydrogen-bond acceptors (Lipinski definition) is 7. The van der Waals surface area contributed by atoms with Crippen molar-refractivity contribution in [2.45, 2.75) is 33.4 Å². The number of fused-ring (bicyclic) bond motifs is 1. The van der Waals surface area contributed by atoms with Crippen LogP contribution < -0.4 is 24.9 Å². The van der Waals surface area contributed by atoms with Crippen LogP contribution in [0.15, 0.2) is 75.8 Å². The lowest BCUT2D eigenvalue weighted by Crippen LogP contribution is -2.40. The topological polar surface area (TPSA) is 111 Å². The van der Waals surface area contributed by atoms with Crippen LogP contribution in [-0.2, 0) is 11.3 Å². The number of thiazole rings is 1. The number of nitrogens with zero attached hydrogens (tertiary/aromatic N) is 4. The van der Waals surface area contributed by atoms with Gasteiger partial charge in [-0.25, -0.2) is 4.99 Å². The van der Waals surface area contributed by atoms with Crippen LogP contribution in [0.3, 0.4) is 0 Å². The lowest BCUT2D eigenvalue weighted by Gasteiger charge is -2.25. The van der Waals surface area contributed by atoms with Gasteiger partial charge in [-0.15, -0.1) is 0 Å². The maximum atomic E-state index is 13.9. The number of methoxy groups -OCH3 is 1. The first-order valence-corrected chi connectivity index (χ1v) is 12.9. The van der Waals surface area contributed by atoms with Crippen molar-refractivity contribution in [3.8, 4) is 11.5 Å². The van der Waals surface area contributed by atoms with E-state index in [1.807, 2.05) is 49.0 Å². The molecule has 0 saturated heterocycles. The van der Waals surface area contributed by atoms with Gasteiger partial charge in [-0.2, -0.15) is 5.10 Å². The Kier molecular flexibility index (Phi) is 6.73. The van der Waals surface area contributed by atoms with Gasteiger partial charge in [0.15, 0.2) is 16.3 Å². The number of carbonyl (C=O) groups excluding carboxylic acids is 1. The lowest BCUT2D eigenvalue weighted by molar-refractivity contribution is -0.113. The fourth-order valence-electron chi connectivity index (χ4n) is 4.49. The van der Waals surface area contributed by atoms with Gasteiger partial charge in [-0.1, -0.05) is 35.6 Å². The van der Waals surface area contributed by atoms with Crippen LogP contribution in [0.2, 0.25) is 0 Å². The summed E-state index contributed by atoms with van der Waals surface area (Å²) in [4.78, 5) is 32.7. The van der Waals surface area contributed by atoms with E-state index >= 15 is 0 Å². The molecule has 1 unspecified atom stereocenters. The fraction of sp³-hybridized carbons (Fsp3) is 0.214. The number of hydrogen-bond donors (Lipinski definition) is 2. The van der Waals surface area contributed by atoms with Crippen LogP contribution in [0.4, 0.5) is 5.69 Å². The molecule has 194 valence electrons. The molecular formula is C28H27N5O4S. The van der Waals surface area contributed by atoms with Crippen LogP contribution in [-0.4, -0.2) is 32.5 Å². The summed E-state index contributed by atoms with van der Waals surface area (Å²) in [6, 6.07) is 13.1. The molecule has 5 rings (SSSR count). The Hall–Kier alpha value is -4.44. The monoisotopic (exact) mass is 529 g/mol. The summed E-state index contributed by atoms with van der Waals surface area (Å²) in [5, 5.41) is 17.6. The molecule has 1 amide bonds. The third kappa shape index (κ3) is 4.54. The number of phenols is 1. The molecule has 2 N–H and O–H groups in total. The van der Waals surface area contributed by atoms with Gasteiger partial charge in [0.25, 0.3) is 11.5 Å². The fourth-order valence-corrected chi connectivity index (χ4v) is 5.53. The number of aromatic hydroxyl groups is 1. The number of para-hydroxylation sites is 1. The minimum atomic E-state index is -0.786. The number of allylic oxidation sites excluding steroid dienone is 1. The Bertz CT molecular complexity index is 1750. The van der Waals surface area contributed by atoms with Crippen molar-refractivity contribution >= 4 is 29.0 Å². The summed E-state index contributed by atoms with van der Waals surface area (Å²) >= 11 is 1.26. The standard InChI is InChI=1S/C28H27N5O4S/c1-5-32-15-19(16(2)31-32)14-23-27(36)33-25(18-11-12-21(34)22(13-18)37-4)24(17(3)29-28(33)38-23)26(35)30-20-9-7-6-8-10-20/h6-15,25,34H,5H2,1-4H3,(H,30,35)/b23-14+. The zero-order valence-corrected chi connectivity index (χ0v) is 22.2. The number of carbonyl (C=O) groups is 1. The molecule has 10 heteroatoms. The van der Waals surface area contributed by atoms with Crippen LogP contribution in [0.25, 0.3) is 6.08 Å². The molecule has 1 atom stereocenters. The molecule has 1 aliphatic heterocycles. The first-order valence-electron chi connectivity index (χ1n) is 12.1. The van der Waals surface area contributed by atoms with E-state index in [2.05, 4.69) is 15.4 Å². The number of nitrogens with one attached hydrogen (secondary N) is 1. The predicted octanol–water partition coefficient (Wildman–Crippen LogP) is 3.11. The first kappa shape index (κ1) is 25.2. The van der Waals surface area contributed by atoms with Crippen molar-refractivity contribution in [1.82, 2.24) is 14.3 Å². The number of ether oxygens (including phenoxy) is 1. The number of aromatic nitrogens is 3. The van der Waals surface area contributed by atoms with E-state index in [0.29, 0.717) is 31.9 Å². The number of anilines is 1. The highest BCUT2D eigenvalue weighted by Crippen LogP contribution is 2.35. The van der Waals surface area contributed by atoms with Gasteiger partial charge in [0.2, 0.25) is 0 Å². The molecular weight excluding hydrogens is 502 g/mol. The number of rotatable bonds is 6. The largest absolute Gasteiger partial charge is 0.504 e. The van der Waals surface area contributed by atoms with Gasteiger partial charge in [0.05, 0.1) is 34.6 Å². The normalized spacial score (nSPS) is 15.3. The van der Waals surface area contributed by atoms with Crippen LogP contribution in [0, 0.1) is 6.92 Å². The molecule has 0 fully saturated rings. The predicted molar refractivity (Wildman–Crippen MR) is 146 cm³/mol. The van der Waals surface area contributed by atoms with Crippen molar-refractivity contribution in [2.75, 3.05) is 12.4 Å². The van der Waals surface area contributed by atoms with E-state index in [0.717, 1.165) is 17.8 Å². The van der Waals surface area contributed by atoms with E-state index in [1.54, 1.807) is 31.2 Å². The highest BCUT2D eigenvalue weighted by Gasteiger charge is 2.33. The summed E-state index contributed by atoms with van der Waals surface area (Å²) in [6.45, 7) is 6.38. The Morgan fingerprint density at radius 1 is 1.21 bits per heavy atom. The first-order chi connectivity index (χ1) is 18.3. The highest BCUT2D eigenvalue weighted by atomic mass is 32.1. The summed E-state index contributed by atoms with van der Waals surface area (Å²) in [6.07, 6.45) is 3.72. The summed E-state index contributed by atoms with van der Waals surface area (Å²) < 4.78 is 9.17. The molecule has 0 aliphatic carbocycles. The second kappa shape index (κ2) is 10.1. The highest BCUT2D eigenvalue weighted by molar-refractivity contribution is 7.07. The van der Waals surface area contributed by atoms with Gasteiger partial charge in [0, 0.05) is 24.0 Å². The van der Waals surface area contributed by atoms with E-state index in [9.17, 15) is 14.7 Å². The maximum Gasteiger partial charge on any atom is 0.271 e. The van der Waals surface area contributed by atoms with Gasteiger partial charge in [0.1, 0.15) is 0 Å². The third-order valence-corrected chi connectivity index (χ3v) is 7.40. The number of amides is 1. The molecule has 4 aromatic rings. The number of benzene rings is 2. The second-order valence-electron chi connectivity index (χ2n) is 8.86. The molecule has 1 aliphatic rings. The third-order valence-electron chi connectivity index (χ3n) is 6.41. The zero-order valence-electron chi connectivity index (χ0n) is 21.4. The van der Waals surface area contributed by atoms with Crippen LogP contribution >= 0.6 is 11.3 Å². The molecule has 38 heavy (non-hydrogen) atoms. The van der Waals surface area contributed by atoms with Crippen molar-refractivity contribution in [3.63, 3.8) is 0 Å². The molecule has 2 aromatic carbocycles. The van der Waals surface area contributed by atoms with Gasteiger partial charge < -0.3 is 15.2 Å².